The van der Waals surface area contributed by atoms with Crippen molar-refractivity contribution in [3.8, 4) is 38.5 Å². The summed E-state index contributed by atoms with van der Waals surface area (Å²) >= 11 is 1.73. The molecule has 0 amide bonds. The number of thiazole rings is 1. The zero-order valence-electron chi connectivity index (χ0n) is 25.2. The zero-order valence-corrected chi connectivity index (χ0v) is 26.0. The molecule has 0 aliphatic rings. The fourth-order valence-corrected chi connectivity index (χ4v) is 8.13. The van der Waals surface area contributed by atoms with Gasteiger partial charge in [0.1, 0.15) is 16.2 Å². The van der Waals surface area contributed by atoms with Crippen molar-refractivity contribution in [1.29, 1.82) is 0 Å². The standard InChI is InChI=1S/C43H26N2OS/c1-2-9-27(10-3-1)30-11-8-12-32(25-30)45-37-15-6-4-13-33(37)34-22-21-31(26-38(34)45)28-17-19-29(20-18-28)43-44-36-23-24-40-41(42(36)47-43)35-14-5-7-16-39(35)46-40/h1-26H. The van der Waals surface area contributed by atoms with Gasteiger partial charge in [-0.2, -0.15) is 0 Å². The van der Waals surface area contributed by atoms with E-state index in [0.717, 1.165) is 43.7 Å². The molecule has 3 aromatic heterocycles. The molecule has 0 spiro atoms. The van der Waals surface area contributed by atoms with Crippen LogP contribution in [-0.2, 0) is 0 Å². The van der Waals surface area contributed by atoms with Crippen LogP contribution in [0.15, 0.2) is 162 Å². The highest BCUT2D eigenvalue weighted by atomic mass is 32.1. The minimum Gasteiger partial charge on any atom is -0.456 e. The van der Waals surface area contributed by atoms with E-state index in [2.05, 4.69) is 144 Å². The van der Waals surface area contributed by atoms with Crippen molar-refractivity contribution in [2.45, 2.75) is 0 Å². The highest BCUT2D eigenvalue weighted by Crippen LogP contribution is 2.41. The molecule has 0 fully saturated rings. The second kappa shape index (κ2) is 10.3. The lowest BCUT2D eigenvalue weighted by molar-refractivity contribution is 0.669. The molecule has 220 valence electrons. The Labute approximate surface area is 274 Å². The van der Waals surface area contributed by atoms with Gasteiger partial charge in [-0.3, -0.25) is 0 Å². The molecule has 4 heteroatoms. The van der Waals surface area contributed by atoms with Crippen molar-refractivity contribution in [3.63, 3.8) is 0 Å². The molecule has 3 heterocycles. The lowest BCUT2D eigenvalue weighted by Gasteiger charge is -2.11. The molecule has 7 aromatic carbocycles. The molecule has 0 radical (unpaired) electrons. The molecule has 3 nitrogen and oxygen atoms in total. The summed E-state index contributed by atoms with van der Waals surface area (Å²) in [5.41, 5.74) is 12.3. The minimum absolute atomic E-state index is 0.906. The SMILES string of the molecule is c1ccc(-c2cccc(-n3c4ccccc4c4ccc(-c5ccc(-c6nc7ccc8oc9ccccc9c8c7s6)cc5)cc43)c2)cc1. The Kier molecular flexibility index (Phi) is 5.74. The van der Waals surface area contributed by atoms with Gasteiger partial charge in [0, 0.05) is 32.8 Å². The summed E-state index contributed by atoms with van der Waals surface area (Å²) in [6.07, 6.45) is 0. The van der Waals surface area contributed by atoms with Crippen LogP contribution < -0.4 is 0 Å². The molecule has 0 bridgehead atoms. The van der Waals surface area contributed by atoms with Gasteiger partial charge >= 0.3 is 0 Å². The molecule has 0 aliphatic heterocycles. The maximum absolute atomic E-state index is 6.13. The van der Waals surface area contributed by atoms with Gasteiger partial charge in [0.25, 0.3) is 0 Å². The third kappa shape index (κ3) is 4.16. The van der Waals surface area contributed by atoms with E-state index < -0.39 is 0 Å². The van der Waals surface area contributed by atoms with E-state index in [1.807, 2.05) is 18.2 Å². The Hall–Kier alpha value is -5.97. The number of rotatable bonds is 4. The van der Waals surface area contributed by atoms with Gasteiger partial charge in [0.05, 0.1) is 21.3 Å². The summed E-state index contributed by atoms with van der Waals surface area (Å²) in [4.78, 5) is 5.03. The number of benzene rings is 7. The number of aromatic nitrogens is 2. The average Bonchev–Trinajstić information content (AvgIpc) is 3.83. The molecule has 47 heavy (non-hydrogen) atoms. The molecule has 0 unspecified atom stereocenters. The van der Waals surface area contributed by atoms with Crippen LogP contribution in [0.2, 0.25) is 0 Å². The van der Waals surface area contributed by atoms with E-state index >= 15 is 0 Å². The Morgan fingerprint density at radius 3 is 2.04 bits per heavy atom. The second-order valence-corrected chi connectivity index (χ2v) is 13.0. The summed E-state index contributed by atoms with van der Waals surface area (Å²) < 4.78 is 9.70. The monoisotopic (exact) mass is 618 g/mol. The third-order valence-corrected chi connectivity index (χ3v) is 10.4. The van der Waals surface area contributed by atoms with Crippen molar-refractivity contribution in [1.82, 2.24) is 9.55 Å². The predicted molar refractivity (Wildman–Crippen MR) is 198 cm³/mol. The molecule has 0 atom stereocenters. The molecule has 0 saturated heterocycles. The number of para-hydroxylation sites is 2. The first-order valence-corrected chi connectivity index (χ1v) is 16.6. The van der Waals surface area contributed by atoms with Crippen LogP contribution in [0, 0.1) is 0 Å². The van der Waals surface area contributed by atoms with Gasteiger partial charge in [0.2, 0.25) is 0 Å². The van der Waals surface area contributed by atoms with E-state index in [1.165, 1.54) is 48.8 Å². The first-order valence-electron chi connectivity index (χ1n) is 15.8. The summed E-state index contributed by atoms with van der Waals surface area (Å²) in [5, 5.41) is 5.80. The van der Waals surface area contributed by atoms with Gasteiger partial charge in [-0.05, 0) is 64.7 Å². The highest BCUT2D eigenvalue weighted by molar-refractivity contribution is 7.22. The lowest BCUT2D eigenvalue weighted by atomic mass is 10.0. The molecular formula is C43H26N2OS. The van der Waals surface area contributed by atoms with E-state index in [-0.39, 0.29) is 0 Å². The summed E-state index contributed by atoms with van der Waals surface area (Å²) in [5.74, 6) is 0. The van der Waals surface area contributed by atoms with E-state index in [9.17, 15) is 0 Å². The van der Waals surface area contributed by atoms with Crippen molar-refractivity contribution >= 4 is 65.3 Å². The van der Waals surface area contributed by atoms with Crippen LogP contribution in [0.1, 0.15) is 0 Å². The van der Waals surface area contributed by atoms with Crippen LogP contribution in [0.5, 0.6) is 0 Å². The van der Waals surface area contributed by atoms with E-state index in [4.69, 9.17) is 9.40 Å². The average molecular weight is 619 g/mol. The van der Waals surface area contributed by atoms with E-state index in [0.29, 0.717) is 0 Å². The smallest absolute Gasteiger partial charge is 0.137 e. The number of nitrogens with zero attached hydrogens (tertiary/aromatic N) is 2. The molecule has 0 N–H and O–H groups in total. The van der Waals surface area contributed by atoms with Crippen LogP contribution in [0.4, 0.5) is 0 Å². The molecule has 10 aromatic rings. The Morgan fingerprint density at radius 2 is 1.15 bits per heavy atom. The zero-order chi connectivity index (χ0) is 30.9. The van der Waals surface area contributed by atoms with Gasteiger partial charge in [-0.15, -0.1) is 11.3 Å². The molecule has 0 aliphatic carbocycles. The first kappa shape index (κ1) is 26.3. The van der Waals surface area contributed by atoms with Gasteiger partial charge < -0.3 is 8.98 Å². The van der Waals surface area contributed by atoms with E-state index in [1.54, 1.807) is 11.3 Å². The van der Waals surface area contributed by atoms with Gasteiger partial charge in [-0.25, -0.2) is 4.98 Å². The summed E-state index contributed by atoms with van der Waals surface area (Å²) in [6, 6.07) is 56.1. The molecule has 0 saturated carbocycles. The van der Waals surface area contributed by atoms with Crippen molar-refractivity contribution in [3.05, 3.63) is 158 Å². The Bertz CT molecular complexity index is 2780. The van der Waals surface area contributed by atoms with Crippen LogP contribution in [0.25, 0.3) is 92.5 Å². The molecular weight excluding hydrogens is 593 g/mol. The first-order chi connectivity index (χ1) is 23.3. The normalized spacial score (nSPS) is 11.8. The topological polar surface area (TPSA) is 31.0 Å². The highest BCUT2D eigenvalue weighted by Gasteiger charge is 2.16. The Balaban J connectivity index is 1.07. The van der Waals surface area contributed by atoms with Crippen LogP contribution in [0.3, 0.4) is 0 Å². The number of fused-ring (bicyclic) bond motifs is 8. The van der Waals surface area contributed by atoms with Crippen molar-refractivity contribution < 1.29 is 4.42 Å². The van der Waals surface area contributed by atoms with Crippen molar-refractivity contribution in [2.75, 3.05) is 0 Å². The number of hydrogen-bond acceptors (Lipinski definition) is 3. The van der Waals surface area contributed by atoms with Crippen LogP contribution in [-0.4, -0.2) is 9.55 Å². The fourth-order valence-electron chi connectivity index (χ4n) is 7.01. The maximum atomic E-state index is 6.13. The summed E-state index contributed by atoms with van der Waals surface area (Å²) in [7, 11) is 0. The maximum Gasteiger partial charge on any atom is 0.137 e. The quantitative estimate of drug-likeness (QED) is 0.196. The largest absolute Gasteiger partial charge is 0.456 e. The number of furan rings is 1. The predicted octanol–water partition coefficient (Wildman–Crippen LogP) is 12.3. The van der Waals surface area contributed by atoms with Crippen LogP contribution >= 0.6 is 11.3 Å². The summed E-state index contributed by atoms with van der Waals surface area (Å²) in [6.45, 7) is 0. The lowest BCUT2D eigenvalue weighted by Crippen LogP contribution is -1.94. The van der Waals surface area contributed by atoms with Crippen molar-refractivity contribution in [2.24, 2.45) is 0 Å². The minimum atomic E-state index is 0.906. The fraction of sp³-hybridized carbons (Fsp3) is 0. The third-order valence-electron chi connectivity index (χ3n) is 9.25. The Morgan fingerprint density at radius 1 is 0.468 bits per heavy atom. The molecule has 10 rings (SSSR count). The van der Waals surface area contributed by atoms with Gasteiger partial charge in [-0.1, -0.05) is 115 Å². The second-order valence-electron chi connectivity index (χ2n) is 12.0. The number of hydrogen-bond donors (Lipinski definition) is 0. The van der Waals surface area contributed by atoms with Gasteiger partial charge in [0.15, 0.2) is 0 Å².